The van der Waals surface area contributed by atoms with E-state index in [1.54, 1.807) is 0 Å². The predicted molar refractivity (Wildman–Crippen MR) is 106 cm³/mol. The van der Waals surface area contributed by atoms with Crippen molar-refractivity contribution in [1.29, 1.82) is 0 Å². The summed E-state index contributed by atoms with van der Waals surface area (Å²) in [5.41, 5.74) is 9.91. The Labute approximate surface area is 156 Å². The quantitative estimate of drug-likeness (QED) is 0.870. The van der Waals surface area contributed by atoms with Gasteiger partial charge in [-0.2, -0.15) is 0 Å². The Morgan fingerprint density at radius 3 is 2.54 bits per heavy atom. The van der Waals surface area contributed by atoms with Crippen LogP contribution in [0, 0.1) is 5.92 Å². The van der Waals surface area contributed by atoms with Gasteiger partial charge in [0.1, 0.15) is 0 Å². The Bertz CT molecular complexity index is 714. The van der Waals surface area contributed by atoms with Crippen LogP contribution in [0.1, 0.15) is 42.6 Å². The van der Waals surface area contributed by atoms with Gasteiger partial charge in [0.2, 0.25) is 5.91 Å². The summed E-state index contributed by atoms with van der Waals surface area (Å²) < 4.78 is 0. The molecule has 0 bridgehead atoms. The van der Waals surface area contributed by atoms with Crippen molar-refractivity contribution in [2.45, 2.75) is 32.4 Å². The van der Waals surface area contributed by atoms with Crippen LogP contribution < -0.4 is 11.1 Å². The zero-order chi connectivity index (χ0) is 18.5. The molecule has 3 N–H and O–H groups in total. The minimum Gasteiger partial charge on any atom is -0.333 e. The lowest BCUT2D eigenvalue weighted by molar-refractivity contribution is -0.139. The summed E-state index contributed by atoms with van der Waals surface area (Å²) in [5, 5.41) is 3.42. The fourth-order valence-corrected chi connectivity index (χ4v) is 3.62. The smallest absolute Gasteiger partial charge is 0.227 e. The molecule has 26 heavy (non-hydrogen) atoms. The number of amides is 1. The van der Waals surface area contributed by atoms with Crippen molar-refractivity contribution < 1.29 is 4.79 Å². The first-order valence-electron chi connectivity index (χ1n) is 9.52. The Hall–Kier alpha value is -2.17. The van der Waals surface area contributed by atoms with Gasteiger partial charge in [-0.15, -0.1) is 0 Å². The molecule has 3 unspecified atom stereocenters. The lowest BCUT2D eigenvalue weighted by atomic mass is 9.92. The lowest BCUT2D eigenvalue weighted by Gasteiger charge is -2.39. The number of rotatable bonds is 5. The maximum Gasteiger partial charge on any atom is 0.227 e. The van der Waals surface area contributed by atoms with Crippen molar-refractivity contribution >= 4 is 5.91 Å². The number of hydrogen-bond donors (Lipinski definition) is 2. The number of hydrogen-bond acceptors (Lipinski definition) is 3. The van der Waals surface area contributed by atoms with Crippen LogP contribution in [-0.4, -0.2) is 30.4 Å². The fourth-order valence-electron chi connectivity index (χ4n) is 3.62. The van der Waals surface area contributed by atoms with E-state index in [9.17, 15) is 4.79 Å². The van der Waals surface area contributed by atoms with Crippen molar-refractivity contribution in [2.75, 3.05) is 19.6 Å². The lowest BCUT2D eigenvalue weighted by Crippen LogP contribution is -2.51. The van der Waals surface area contributed by atoms with E-state index < -0.39 is 0 Å². The first kappa shape index (κ1) is 18.6. The van der Waals surface area contributed by atoms with Gasteiger partial charge in [0.25, 0.3) is 0 Å². The fraction of sp³-hybridized carbons (Fsp3) is 0.409. The van der Waals surface area contributed by atoms with Crippen LogP contribution in [0.2, 0.25) is 0 Å². The maximum absolute atomic E-state index is 13.2. The average molecular weight is 351 g/mol. The standard InChI is InChI=1S/C22H29N3O/c1-3-17-9-11-18(12-10-17)20-15-24-13-14-25(20)22(26)16(2)21(23)19-7-5-4-6-8-19/h4-12,16,20-21,24H,3,13-15,23H2,1-2H3. The minimum atomic E-state index is -0.290. The second-order valence-corrected chi connectivity index (χ2v) is 7.07. The molecular weight excluding hydrogens is 322 g/mol. The van der Waals surface area contributed by atoms with Crippen LogP contribution in [0.5, 0.6) is 0 Å². The van der Waals surface area contributed by atoms with Gasteiger partial charge in [-0.05, 0) is 23.1 Å². The molecule has 0 spiro atoms. The second kappa shape index (κ2) is 8.47. The number of benzene rings is 2. The molecule has 0 saturated carbocycles. The van der Waals surface area contributed by atoms with Gasteiger partial charge in [-0.1, -0.05) is 68.4 Å². The highest BCUT2D eigenvalue weighted by Gasteiger charge is 2.33. The van der Waals surface area contributed by atoms with E-state index in [0.29, 0.717) is 6.54 Å². The summed E-state index contributed by atoms with van der Waals surface area (Å²) >= 11 is 0. The number of carbonyl (C=O) groups is 1. The van der Waals surface area contributed by atoms with Crippen LogP contribution in [0.15, 0.2) is 54.6 Å². The summed E-state index contributed by atoms with van der Waals surface area (Å²) in [6.07, 6.45) is 1.02. The van der Waals surface area contributed by atoms with Crippen LogP contribution in [0.25, 0.3) is 0 Å². The topological polar surface area (TPSA) is 58.4 Å². The van der Waals surface area contributed by atoms with Gasteiger partial charge >= 0.3 is 0 Å². The first-order valence-corrected chi connectivity index (χ1v) is 9.52. The zero-order valence-corrected chi connectivity index (χ0v) is 15.7. The third kappa shape index (κ3) is 3.97. The largest absolute Gasteiger partial charge is 0.333 e. The summed E-state index contributed by atoms with van der Waals surface area (Å²) in [6, 6.07) is 18.3. The SMILES string of the molecule is CCc1ccc(C2CNCCN2C(=O)C(C)C(N)c2ccccc2)cc1. The normalized spacial score (nSPS) is 19.8. The van der Waals surface area contributed by atoms with E-state index >= 15 is 0 Å². The van der Waals surface area contributed by atoms with Crippen LogP contribution in [0.3, 0.4) is 0 Å². The molecule has 3 atom stereocenters. The van der Waals surface area contributed by atoms with Crippen molar-refractivity contribution in [2.24, 2.45) is 11.7 Å². The van der Waals surface area contributed by atoms with E-state index in [2.05, 4.69) is 36.5 Å². The van der Waals surface area contributed by atoms with Gasteiger partial charge in [-0.3, -0.25) is 4.79 Å². The highest BCUT2D eigenvalue weighted by Crippen LogP contribution is 2.28. The molecule has 3 rings (SSSR count). The third-order valence-corrected chi connectivity index (χ3v) is 5.41. The molecule has 2 aromatic carbocycles. The molecule has 4 nitrogen and oxygen atoms in total. The van der Waals surface area contributed by atoms with Gasteiger partial charge in [0.15, 0.2) is 0 Å². The molecule has 0 radical (unpaired) electrons. The molecule has 0 aromatic heterocycles. The molecule has 1 aliphatic heterocycles. The summed E-state index contributed by atoms with van der Waals surface area (Å²) in [5.74, 6) is -0.125. The van der Waals surface area contributed by atoms with Crippen LogP contribution in [-0.2, 0) is 11.2 Å². The molecule has 4 heteroatoms. The summed E-state index contributed by atoms with van der Waals surface area (Å²) in [4.78, 5) is 15.2. The van der Waals surface area contributed by atoms with E-state index in [1.165, 1.54) is 11.1 Å². The van der Waals surface area contributed by atoms with E-state index in [0.717, 1.165) is 25.1 Å². The number of carbonyl (C=O) groups excluding carboxylic acids is 1. The Morgan fingerprint density at radius 1 is 1.19 bits per heavy atom. The Kier molecular flexibility index (Phi) is 6.07. The number of nitrogens with one attached hydrogen (secondary N) is 1. The van der Waals surface area contributed by atoms with Crippen molar-refractivity contribution in [3.63, 3.8) is 0 Å². The Morgan fingerprint density at radius 2 is 1.88 bits per heavy atom. The zero-order valence-electron chi connectivity index (χ0n) is 15.7. The average Bonchev–Trinajstić information content (AvgIpc) is 2.73. The molecular formula is C22H29N3O. The molecule has 1 amide bonds. The highest BCUT2D eigenvalue weighted by atomic mass is 16.2. The monoisotopic (exact) mass is 351 g/mol. The van der Waals surface area contributed by atoms with Gasteiger partial charge in [0.05, 0.1) is 12.0 Å². The van der Waals surface area contributed by atoms with Crippen molar-refractivity contribution in [3.8, 4) is 0 Å². The molecule has 2 aromatic rings. The Balaban J connectivity index is 1.78. The van der Waals surface area contributed by atoms with Crippen molar-refractivity contribution in [1.82, 2.24) is 10.2 Å². The minimum absolute atomic E-state index is 0.0626. The second-order valence-electron chi connectivity index (χ2n) is 7.07. The summed E-state index contributed by atoms with van der Waals surface area (Å²) in [6.45, 7) is 6.41. The first-order chi connectivity index (χ1) is 12.6. The van der Waals surface area contributed by atoms with Gasteiger partial charge in [-0.25, -0.2) is 0 Å². The van der Waals surface area contributed by atoms with Crippen LogP contribution in [0.4, 0.5) is 0 Å². The molecule has 1 aliphatic rings. The number of piperazine rings is 1. The van der Waals surface area contributed by atoms with Crippen LogP contribution >= 0.6 is 0 Å². The van der Waals surface area contributed by atoms with Crippen molar-refractivity contribution in [3.05, 3.63) is 71.3 Å². The summed E-state index contributed by atoms with van der Waals surface area (Å²) in [7, 11) is 0. The number of nitrogens with two attached hydrogens (primary N) is 1. The molecule has 0 aliphatic carbocycles. The highest BCUT2D eigenvalue weighted by molar-refractivity contribution is 5.80. The number of aryl methyl sites for hydroxylation is 1. The molecule has 1 saturated heterocycles. The molecule has 1 fully saturated rings. The maximum atomic E-state index is 13.2. The van der Waals surface area contributed by atoms with Gasteiger partial charge < -0.3 is 16.0 Å². The van der Waals surface area contributed by atoms with E-state index in [-0.39, 0.29) is 23.9 Å². The third-order valence-electron chi connectivity index (χ3n) is 5.41. The molecule has 138 valence electrons. The van der Waals surface area contributed by atoms with E-state index in [1.807, 2.05) is 42.2 Å². The predicted octanol–water partition coefficient (Wildman–Crippen LogP) is 3.06. The van der Waals surface area contributed by atoms with Gasteiger partial charge in [0, 0.05) is 25.7 Å². The van der Waals surface area contributed by atoms with E-state index in [4.69, 9.17) is 5.73 Å². The molecule has 1 heterocycles. The number of nitrogens with zero attached hydrogens (tertiary/aromatic N) is 1.